The van der Waals surface area contributed by atoms with E-state index in [1.54, 1.807) is 39.8 Å². The second-order valence-corrected chi connectivity index (χ2v) is 22.8. The molecule has 380 valence electrons. The molecule has 72 heavy (non-hydrogen) atoms. The van der Waals surface area contributed by atoms with Crippen molar-refractivity contribution in [1.29, 1.82) is 0 Å². The van der Waals surface area contributed by atoms with Crippen LogP contribution in [0, 0.1) is 35.2 Å². The maximum absolute atomic E-state index is 14.9. The van der Waals surface area contributed by atoms with Crippen molar-refractivity contribution in [3.8, 4) is 11.1 Å². The fourth-order valence-corrected chi connectivity index (χ4v) is 16.2. The number of benzene rings is 4. The molecule has 0 aliphatic rings. The Balaban J connectivity index is 0.000000200. The summed E-state index contributed by atoms with van der Waals surface area (Å²) in [5, 5.41) is 18.7. The first-order valence-electron chi connectivity index (χ1n) is 22.4. The van der Waals surface area contributed by atoms with Gasteiger partial charge >= 0.3 is 22.3 Å². The van der Waals surface area contributed by atoms with E-state index in [2.05, 4.69) is 25.9 Å². The van der Waals surface area contributed by atoms with Gasteiger partial charge in [-0.3, -0.25) is 9.13 Å². The van der Waals surface area contributed by atoms with Crippen LogP contribution in [0.4, 0.5) is 26.3 Å². The predicted octanol–water partition coefficient (Wildman–Crippen LogP) is 14.3. The number of hydrogen-bond acceptors (Lipinski definition) is 12. The molecule has 4 heterocycles. The minimum Gasteiger partial charge on any atom is -0.423 e. The van der Waals surface area contributed by atoms with Gasteiger partial charge in [-0.15, -0.1) is 22.7 Å². The van der Waals surface area contributed by atoms with Crippen molar-refractivity contribution >= 4 is 86.5 Å². The van der Waals surface area contributed by atoms with E-state index in [0.29, 0.717) is 21.6 Å². The number of halogens is 7. The van der Waals surface area contributed by atoms with Gasteiger partial charge in [-0.2, -0.15) is 8.78 Å². The van der Waals surface area contributed by atoms with Gasteiger partial charge in [0.15, 0.2) is 23.3 Å². The van der Waals surface area contributed by atoms with E-state index < -0.39 is 68.8 Å². The fraction of sp³-hybridized carbons (Fsp3) is 0.240. The first kappa shape index (κ1) is 56.7. The Kier molecular flexibility index (Phi) is 20.6. The normalized spacial score (nSPS) is 12.5. The van der Waals surface area contributed by atoms with Crippen LogP contribution in [0.5, 0.6) is 0 Å². The highest BCUT2D eigenvalue weighted by Crippen LogP contribution is 2.66. The van der Waals surface area contributed by atoms with Crippen LogP contribution in [0.1, 0.15) is 59.9 Å². The minimum absolute atomic E-state index is 0.0379. The Labute approximate surface area is 429 Å². The molecule has 4 aromatic carbocycles. The lowest BCUT2D eigenvalue weighted by Crippen LogP contribution is -2.33. The Morgan fingerprint density at radius 2 is 1.01 bits per heavy atom. The lowest BCUT2D eigenvalue weighted by atomic mass is 9.81. The van der Waals surface area contributed by atoms with Gasteiger partial charge in [0, 0.05) is 63.4 Å². The number of pyridine rings is 2. The molecule has 10 nitrogen and oxygen atoms in total. The van der Waals surface area contributed by atoms with Crippen LogP contribution in [0.15, 0.2) is 126 Å². The first-order chi connectivity index (χ1) is 34.5. The van der Waals surface area contributed by atoms with E-state index in [0.717, 1.165) is 53.8 Å². The monoisotopic (exact) mass is 1130 g/mol. The molecule has 0 saturated heterocycles. The summed E-state index contributed by atoms with van der Waals surface area (Å²) in [7, 11) is -9.16. The van der Waals surface area contributed by atoms with Crippen LogP contribution in [0.25, 0.3) is 31.3 Å². The van der Waals surface area contributed by atoms with Crippen molar-refractivity contribution in [1.82, 2.24) is 9.97 Å². The van der Waals surface area contributed by atoms with Crippen molar-refractivity contribution in [2.45, 2.75) is 51.9 Å². The summed E-state index contributed by atoms with van der Waals surface area (Å²) in [5.41, 5.74) is -0.00881. The highest BCUT2D eigenvalue weighted by molar-refractivity contribution is 9.10. The molecule has 0 fully saturated rings. The van der Waals surface area contributed by atoms with Crippen molar-refractivity contribution in [2.75, 3.05) is 26.4 Å². The number of nitrogens with zero attached hydrogens (tertiary/aromatic N) is 2. The number of rotatable bonds is 18. The van der Waals surface area contributed by atoms with Crippen molar-refractivity contribution in [3.63, 3.8) is 0 Å². The topological polar surface area (TPSA) is 137 Å². The zero-order valence-corrected chi connectivity index (χ0v) is 44.1. The van der Waals surface area contributed by atoms with Crippen LogP contribution in [-0.2, 0) is 40.1 Å². The Morgan fingerprint density at radius 1 is 0.569 bits per heavy atom. The third kappa shape index (κ3) is 13.6. The Hall–Kier alpha value is -4.56. The van der Waals surface area contributed by atoms with E-state index in [-0.39, 0.29) is 50.3 Å². The fourth-order valence-electron chi connectivity index (χ4n) is 7.62. The van der Waals surface area contributed by atoms with E-state index in [1.165, 1.54) is 59.3 Å². The van der Waals surface area contributed by atoms with E-state index >= 15 is 0 Å². The molecule has 22 heteroatoms. The van der Waals surface area contributed by atoms with E-state index in [9.17, 15) is 35.5 Å². The van der Waals surface area contributed by atoms with Crippen LogP contribution >= 0.6 is 53.8 Å². The second kappa shape index (κ2) is 26.1. The third-order valence-corrected chi connectivity index (χ3v) is 19.6. The van der Waals surface area contributed by atoms with Crippen LogP contribution in [0.3, 0.4) is 0 Å². The highest BCUT2D eigenvalue weighted by atomic mass is 79.9. The molecule has 2 unspecified atom stereocenters. The van der Waals surface area contributed by atoms with Gasteiger partial charge in [0.05, 0.1) is 26.4 Å². The SMILES string of the molecule is CCOP(=O)(OCC)C(Cc1ccc(F)c(F)c1)c1sc2ccccc2c1-c1cccnc1F.CCOP(=O)(OCC)C(Cc1ccc(F)c(F)c1)c1sc2ccccc2c1Br.OB(O)c1cccnc1F. The number of thiophene rings is 2. The molecule has 0 spiro atoms. The summed E-state index contributed by atoms with van der Waals surface area (Å²) in [5.74, 6) is -5.35. The number of fused-ring (bicyclic) bond motifs is 2. The molecule has 2 atom stereocenters. The van der Waals surface area contributed by atoms with Gasteiger partial charge in [-0.1, -0.05) is 54.6 Å². The number of hydrogen-bond donors (Lipinski definition) is 2. The van der Waals surface area contributed by atoms with Gasteiger partial charge in [0.25, 0.3) is 0 Å². The average Bonchev–Trinajstić information content (AvgIpc) is 3.90. The summed E-state index contributed by atoms with van der Waals surface area (Å²) >= 11 is 6.47. The largest absolute Gasteiger partial charge is 0.493 e. The lowest BCUT2D eigenvalue weighted by molar-refractivity contribution is 0.211. The molecule has 0 aliphatic carbocycles. The molecule has 8 aromatic rings. The van der Waals surface area contributed by atoms with E-state index in [4.69, 9.17) is 28.1 Å². The Bertz CT molecular complexity index is 3190. The van der Waals surface area contributed by atoms with Gasteiger partial charge in [-0.25, -0.2) is 27.5 Å². The summed E-state index contributed by atoms with van der Waals surface area (Å²) in [6.07, 6.45) is 2.83. The molecule has 0 bridgehead atoms. The molecule has 0 saturated carbocycles. The smallest absolute Gasteiger partial charge is 0.423 e. The zero-order chi connectivity index (χ0) is 52.2. The lowest BCUT2D eigenvalue weighted by Gasteiger charge is -2.27. The van der Waals surface area contributed by atoms with Gasteiger partial charge in [-0.05, 0) is 122 Å². The molecule has 8 rings (SSSR count). The van der Waals surface area contributed by atoms with Crippen molar-refractivity contribution in [2.24, 2.45) is 0 Å². The zero-order valence-electron chi connectivity index (χ0n) is 39.1. The standard InChI is InChI=1S/C25H23F3NO3PS.C20H20BrF2O3PS.C5H5BFNO2/c1-3-31-33(30,32-4-2)21(15-16-11-12-19(26)20(27)14-16)24-23(18-9-7-13-29-25(18)28)17-8-5-6-10-22(17)34-24;1-3-25-27(24,26-4-2)17(12-13-9-10-15(22)16(23)11-13)20-19(21)14-7-5-6-8-18(14)28-20;7-5-4(6(9)10)2-1-3-8-5/h5-14,21H,3-4,15H2,1-2H3;5-11,17H,3-4,12H2,1-2H3;1-3,9-10H. The molecule has 4 aromatic heterocycles. The minimum atomic E-state index is -3.81. The summed E-state index contributed by atoms with van der Waals surface area (Å²) in [4.78, 5) is 8.39. The average molecular weight is 1140 g/mol. The Morgan fingerprint density at radius 3 is 1.46 bits per heavy atom. The number of aromatic nitrogens is 2. The maximum atomic E-state index is 14.9. The van der Waals surface area contributed by atoms with Crippen molar-refractivity contribution in [3.05, 3.63) is 182 Å². The maximum Gasteiger partial charge on any atom is 0.493 e. The molecule has 0 aliphatic heterocycles. The molecule has 2 N–H and O–H groups in total. The second-order valence-electron chi connectivity index (χ2n) is 15.4. The van der Waals surface area contributed by atoms with Crippen LogP contribution in [-0.4, -0.2) is 53.6 Å². The summed E-state index contributed by atoms with van der Waals surface area (Å²) in [6, 6.07) is 28.4. The van der Waals surface area contributed by atoms with E-state index in [1.807, 2.05) is 48.5 Å². The van der Waals surface area contributed by atoms with Gasteiger partial charge < -0.3 is 28.1 Å². The summed E-state index contributed by atoms with van der Waals surface area (Å²) in [6.45, 7) is 7.57. The molecule has 0 radical (unpaired) electrons. The quantitative estimate of drug-likeness (QED) is 0.0370. The van der Waals surface area contributed by atoms with Gasteiger partial charge in [0.1, 0.15) is 11.3 Å². The van der Waals surface area contributed by atoms with Crippen LogP contribution in [0.2, 0.25) is 0 Å². The van der Waals surface area contributed by atoms with Gasteiger partial charge in [0.2, 0.25) is 11.9 Å². The molecular formula is C50H48BBrF6N2O8P2S2. The predicted molar refractivity (Wildman–Crippen MR) is 276 cm³/mol. The highest BCUT2D eigenvalue weighted by Gasteiger charge is 2.42. The van der Waals surface area contributed by atoms with Crippen molar-refractivity contribution < 1.29 is 63.6 Å². The molecular weight excluding hydrogens is 1090 g/mol. The van der Waals surface area contributed by atoms with Crippen LogP contribution < -0.4 is 5.46 Å². The molecule has 0 amide bonds. The summed E-state index contributed by atoms with van der Waals surface area (Å²) < 4.78 is 135. The first-order valence-corrected chi connectivity index (χ1v) is 28.0. The third-order valence-electron chi connectivity index (χ3n) is 10.7.